The van der Waals surface area contributed by atoms with Crippen molar-refractivity contribution in [1.29, 1.82) is 0 Å². The van der Waals surface area contributed by atoms with Crippen molar-refractivity contribution in [3.05, 3.63) is 42.5 Å². The van der Waals surface area contributed by atoms with Crippen LogP contribution in [0, 0.1) is 6.92 Å². The van der Waals surface area contributed by atoms with Crippen molar-refractivity contribution in [3.63, 3.8) is 0 Å². The van der Waals surface area contributed by atoms with E-state index in [0.717, 1.165) is 22.4 Å². The SMILES string of the molecule is Cc1cnc(-c2ccc3nccnc3c2)o1. The molecule has 3 rings (SSSR count). The van der Waals surface area contributed by atoms with Crippen LogP contribution in [-0.4, -0.2) is 15.0 Å². The maximum absolute atomic E-state index is 5.46. The van der Waals surface area contributed by atoms with Crippen LogP contribution >= 0.6 is 0 Å². The highest BCUT2D eigenvalue weighted by Gasteiger charge is 2.05. The van der Waals surface area contributed by atoms with Crippen LogP contribution in [0.1, 0.15) is 5.76 Å². The van der Waals surface area contributed by atoms with E-state index in [1.165, 1.54) is 0 Å². The Morgan fingerprint density at radius 3 is 2.56 bits per heavy atom. The first-order valence-corrected chi connectivity index (χ1v) is 4.96. The Morgan fingerprint density at radius 2 is 1.81 bits per heavy atom. The molecule has 2 heterocycles. The molecule has 16 heavy (non-hydrogen) atoms. The number of nitrogens with zero attached hydrogens (tertiary/aromatic N) is 3. The Morgan fingerprint density at radius 1 is 1.00 bits per heavy atom. The zero-order valence-corrected chi connectivity index (χ0v) is 8.71. The summed E-state index contributed by atoms with van der Waals surface area (Å²) in [6, 6.07) is 5.77. The van der Waals surface area contributed by atoms with Crippen molar-refractivity contribution in [1.82, 2.24) is 15.0 Å². The molecule has 0 spiro atoms. The normalized spacial score (nSPS) is 10.8. The van der Waals surface area contributed by atoms with Crippen LogP contribution in [0.2, 0.25) is 0 Å². The molecule has 0 saturated carbocycles. The zero-order chi connectivity index (χ0) is 11.0. The highest BCUT2D eigenvalue weighted by atomic mass is 16.4. The zero-order valence-electron chi connectivity index (χ0n) is 8.71. The molecule has 3 aromatic rings. The van der Waals surface area contributed by atoms with Crippen molar-refractivity contribution < 1.29 is 4.42 Å². The van der Waals surface area contributed by atoms with Gasteiger partial charge in [0.05, 0.1) is 17.2 Å². The van der Waals surface area contributed by atoms with E-state index in [2.05, 4.69) is 15.0 Å². The predicted octanol–water partition coefficient (Wildman–Crippen LogP) is 2.59. The van der Waals surface area contributed by atoms with E-state index < -0.39 is 0 Å². The number of rotatable bonds is 1. The molecule has 0 aliphatic carbocycles. The lowest BCUT2D eigenvalue weighted by molar-refractivity contribution is 0.542. The number of fused-ring (bicyclic) bond motifs is 1. The summed E-state index contributed by atoms with van der Waals surface area (Å²) in [5.74, 6) is 1.42. The number of aryl methyl sites for hydroxylation is 1. The highest BCUT2D eigenvalue weighted by molar-refractivity contribution is 5.79. The van der Waals surface area contributed by atoms with Crippen LogP contribution in [0.3, 0.4) is 0 Å². The summed E-state index contributed by atoms with van der Waals surface area (Å²) >= 11 is 0. The molecular weight excluding hydrogens is 202 g/mol. The summed E-state index contributed by atoms with van der Waals surface area (Å²) in [5, 5.41) is 0. The molecule has 78 valence electrons. The van der Waals surface area contributed by atoms with E-state index in [0.29, 0.717) is 5.89 Å². The lowest BCUT2D eigenvalue weighted by Crippen LogP contribution is -1.83. The third kappa shape index (κ3) is 1.44. The third-order valence-electron chi connectivity index (χ3n) is 2.34. The molecule has 1 aromatic carbocycles. The Bertz CT molecular complexity index is 645. The van der Waals surface area contributed by atoms with Gasteiger partial charge >= 0.3 is 0 Å². The fraction of sp³-hybridized carbons (Fsp3) is 0.0833. The topological polar surface area (TPSA) is 51.8 Å². The van der Waals surface area contributed by atoms with Crippen LogP contribution < -0.4 is 0 Å². The molecule has 4 nitrogen and oxygen atoms in total. The van der Waals surface area contributed by atoms with Gasteiger partial charge in [-0.15, -0.1) is 0 Å². The average Bonchev–Trinajstić information content (AvgIpc) is 2.75. The van der Waals surface area contributed by atoms with Gasteiger partial charge in [-0.25, -0.2) is 4.98 Å². The van der Waals surface area contributed by atoms with Crippen LogP contribution in [0.25, 0.3) is 22.5 Å². The number of oxazole rings is 1. The lowest BCUT2D eigenvalue weighted by Gasteiger charge is -1.98. The molecule has 0 bridgehead atoms. The van der Waals surface area contributed by atoms with Gasteiger partial charge in [-0.2, -0.15) is 0 Å². The van der Waals surface area contributed by atoms with E-state index in [1.807, 2.05) is 25.1 Å². The molecule has 0 atom stereocenters. The minimum atomic E-state index is 0.616. The predicted molar refractivity (Wildman–Crippen MR) is 59.8 cm³/mol. The average molecular weight is 211 g/mol. The summed E-state index contributed by atoms with van der Waals surface area (Å²) in [5.41, 5.74) is 2.63. The smallest absolute Gasteiger partial charge is 0.226 e. The van der Waals surface area contributed by atoms with Crippen molar-refractivity contribution >= 4 is 11.0 Å². The van der Waals surface area contributed by atoms with E-state index in [-0.39, 0.29) is 0 Å². The Kier molecular flexibility index (Phi) is 1.93. The van der Waals surface area contributed by atoms with Crippen LogP contribution in [0.5, 0.6) is 0 Å². The molecule has 0 aliphatic heterocycles. The van der Waals surface area contributed by atoms with Gasteiger partial charge in [-0.1, -0.05) is 0 Å². The van der Waals surface area contributed by atoms with Gasteiger partial charge < -0.3 is 4.42 Å². The maximum atomic E-state index is 5.46. The van der Waals surface area contributed by atoms with E-state index >= 15 is 0 Å². The van der Waals surface area contributed by atoms with E-state index in [9.17, 15) is 0 Å². The first-order chi connectivity index (χ1) is 7.83. The van der Waals surface area contributed by atoms with Crippen molar-refractivity contribution in [2.24, 2.45) is 0 Å². The van der Waals surface area contributed by atoms with Crippen molar-refractivity contribution in [2.75, 3.05) is 0 Å². The lowest BCUT2D eigenvalue weighted by atomic mass is 10.2. The summed E-state index contributed by atoms with van der Waals surface area (Å²) in [6.07, 6.45) is 5.06. The monoisotopic (exact) mass is 211 g/mol. The van der Waals surface area contributed by atoms with Crippen LogP contribution in [-0.2, 0) is 0 Å². The second kappa shape index (κ2) is 3.41. The molecule has 0 aliphatic rings. The molecule has 0 fully saturated rings. The number of benzene rings is 1. The van der Waals surface area contributed by atoms with Gasteiger partial charge in [0.2, 0.25) is 5.89 Å². The van der Waals surface area contributed by atoms with Gasteiger partial charge in [-0.3, -0.25) is 9.97 Å². The Hall–Kier alpha value is -2.23. The van der Waals surface area contributed by atoms with Crippen molar-refractivity contribution in [2.45, 2.75) is 6.92 Å². The molecule has 0 amide bonds. The number of hydrogen-bond donors (Lipinski definition) is 0. The molecule has 4 heteroatoms. The largest absolute Gasteiger partial charge is 0.441 e. The van der Waals surface area contributed by atoms with Crippen LogP contribution in [0.15, 0.2) is 41.2 Å². The van der Waals surface area contributed by atoms with Crippen molar-refractivity contribution in [3.8, 4) is 11.5 Å². The Labute approximate surface area is 92.0 Å². The summed E-state index contributed by atoms with van der Waals surface area (Å²) in [6.45, 7) is 1.87. The summed E-state index contributed by atoms with van der Waals surface area (Å²) in [7, 11) is 0. The van der Waals surface area contributed by atoms with Gasteiger partial charge in [0.15, 0.2) is 0 Å². The first kappa shape index (κ1) is 9.03. The number of aromatic nitrogens is 3. The van der Waals surface area contributed by atoms with Crippen LogP contribution in [0.4, 0.5) is 0 Å². The Balaban J connectivity index is 2.18. The van der Waals surface area contributed by atoms with Gasteiger partial charge in [0, 0.05) is 18.0 Å². The fourth-order valence-electron chi connectivity index (χ4n) is 1.58. The third-order valence-corrected chi connectivity index (χ3v) is 2.34. The quantitative estimate of drug-likeness (QED) is 0.620. The second-order valence-electron chi connectivity index (χ2n) is 3.54. The summed E-state index contributed by atoms with van der Waals surface area (Å²) < 4.78 is 5.46. The van der Waals surface area contributed by atoms with Gasteiger partial charge in [0.1, 0.15) is 5.76 Å². The number of hydrogen-bond acceptors (Lipinski definition) is 4. The van der Waals surface area contributed by atoms with Gasteiger partial charge in [0.25, 0.3) is 0 Å². The highest BCUT2D eigenvalue weighted by Crippen LogP contribution is 2.21. The molecule has 0 radical (unpaired) electrons. The maximum Gasteiger partial charge on any atom is 0.226 e. The molecule has 0 N–H and O–H groups in total. The summed E-state index contributed by atoms with van der Waals surface area (Å²) in [4.78, 5) is 12.6. The van der Waals surface area contributed by atoms with Gasteiger partial charge in [-0.05, 0) is 25.1 Å². The molecule has 2 aromatic heterocycles. The minimum Gasteiger partial charge on any atom is -0.441 e. The molecule has 0 unspecified atom stereocenters. The minimum absolute atomic E-state index is 0.616. The molecule has 0 saturated heterocycles. The molecular formula is C12H9N3O. The fourth-order valence-corrected chi connectivity index (χ4v) is 1.58. The second-order valence-corrected chi connectivity index (χ2v) is 3.54. The standard InChI is InChI=1S/C12H9N3O/c1-8-7-15-12(16-8)9-2-3-10-11(6-9)14-5-4-13-10/h2-7H,1H3. The first-order valence-electron chi connectivity index (χ1n) is 4.96. The van der Waals surface area contributed by atoms with E-state index in [1.54, 1.807) is 18.6 Å². The van der Waals surface area contributed by atoms with E-state index in [4.69, 9.17) is 4.42 Å².